The molecule has 0 heterocycles. The molecule has 0 aromatic rings. The van der Waals surface area contributed by atoms with E-state index in [0.717, 1.165) is 19.5 Å². The van der Waals surface area contributed by atoms with Crippen molar-refractivity contribution in [3.05, 3.63) is 0 Å². The Morgan fingerprint density at radius 3 is 2.44 bits per heavy atom. The lowest BCUT2D eigenvalue weighted by molar-refractivity contribution is -0.131. The lowest BCUT2D eigenvalue weighted by Gasteiger charge is -2.24. The van der Waals surface area contributed by atoms with Crippen molar-refractivity contribution in [3.8, 4) is 0 Å². The molecule has 0 radical (unpaired) electrons. The summed E-state index contributed by atoms with van der Waals surface area (Å²) in [6.07, 6.45) is 4.11. The number of carbonyl (C=O) groups is 1. The monoisotopic (exact) mass is 226 g/mol. The van der Waals surface area contributed by atoms with Crippen LogP contribution >= 0.6 is 0 Å². The third kappa shape index (κ3) is 4.97. The van der Waals surface area contributed by atoms with E-state index in [0.29, 0.717) is 18.4 Å². The van der Waals surface area contributed by atoms with Crippen LogP contribution in [0.25, 0.3) is 0 Å². The predicted molar refractivity (Wildman–Crippen MR) is 67.4 cm³/mol. The highest BCUT2D eigenvalue weighted by Crippen LogP contribution is 2.27. The summed E-state index contributed by atoms with van der Waals surface area (Å²) in [5.74, 6) is 0.320. The highest BCUT2D eigenvalue weighted by molar-refractivity contribution is 5.77. The molecular weight excluding hydrogens is 200 g/mol. The highest BCUT2D eigenvalue weighted by atomic mass is 16.2. The van der Waals surface area contributed by atoms with Gasteiger partial charge in [-0.05, 0) is 40.0 Å². The molecule has 0 bridgehead atoms. The molecule has 1 aliphatic rings. The summed E-state index contributed by atoms with van der Waals surface area (Å²) in [7, 11) is 0. The zero-order chi connectivity index (χ0) is 12.2. The van der Waals surface area contributed by atoms with Gasteiger partial charge in [0, 0.05) is 31.1 Å². The van der Waals surface area contributed by atoms with Crippen molar-refractivity contribution in [2.45, 2.75) is 65.0 Å². The van der Waals surface area contributed by atoms with Crippen LogP contribution in [0.15, 0.2) is 0 Å². The minimum Gasteiger partial charge on any atom is -0.340 e. The number of nitrogens with one attached hydrogen (secondary N) is 1. The van der Waals surface area contributed by atoms with Crippen molar-refractivity contribution < 1.29 is 4.79 Å². The van der Waals surface area contributed by atoms with Gasteiger partial charge >= 0.3 is 0 Å². The number of hydrogen-bond acceptors (Lipinski definition) is 2. The highest BCUT2D eigenvalue weighted by Gasteiger charge is 2.31. The van der Waals surface area contributed by atoms with Gasteiger partial charge in [-0.25, -0.2) is 0 Å². The summed E-state index contributed by atoms with van der Waals surface area (Å²) in [5, 5.41) is 3.36. The van der Waals surface area contributed by atoms with Crippen LogP contribution < -0.4 is 5.32 Å². The summed E-state index contributed by atoms with van der Waals surface area (Å²) in [6.45, 7) is 10.2. The zero-order valence-corrected chi connectivity index (χ0v) is 11.2. The molecule has 1 N–H and O–H groups in total. The summed E-state index contributed by atoms with van der Waals surface area (Å²) in [6, 6.07) is 0.557. The van der Waals surface area contributed by atoms with Gasteiger partial charge in [-0.1, -0.05) is 6.92 Å². The largest absolute Gasteiger partial charge is 0.340 e. The minimum absolute atomic E-state index is 0.107. The van der Waals surface area contributed by atoms with Crippen molar-refractivity contribution in [1.82, 2.24) is 10.2 Å². The van der Waals surface area contributed by atoms with Gasteiger partial charge in [0.25, 0.3) is 0 Å². The fraction of sp³-hybridized carbons (Fsp3) is 0.923. The summed E-state index contributed by atoms with van der Waals surface area (Å²) < 4.78 is 0. The fourth-order valence-corrected chi connectivity index (χ4v) is 1.83. The number of amides is 1. The van der Waals surface area contributed by atoms with E-state index in [1.807, 2.05) is 0 Å². The minimum atomic E-state index is 0.107. The van der Waals surface area contributed by atoms with Crippen LogP contribution in [0.2, 0.25) is 0 Å². The van der Waals surface area contributed by atoms with E-state index < -0.39 is 0 Å². The van der Waals surface area contributed by atoms with Crippen LogP contribution in [0.5, 0.6) is 0 Å². The number of hydrogen-bond donors (Lipinski definition) is 1. The summed E-state index contributed by atoms with van der Waals surface area (Å²) >= 11 is 0. The molecular formula is C13H26N2O. The first-order valence-corrected chi connectivity index (χ1v) is 6.48. The molecule has 94 valence electrons. The smallest absolute Gasteiger partial charge is 0.224 e. The molecule has 0 aliphatic heterocycles. The maximum absolute atomic E-state index is 12.0. The third-order valence-corrected chi connectivity index (χ3v) is 2.77. The third-order valence-electron chi connectivity index (χ3n) is 2.77. The second-order valence-electron chi connectivity index (χ2n) is 5.75. The average Bonchev–Trinajstić information content (AvgIpc) is 2.95. The molecule has 1 aliphatic carbocycles. The lowest BCUT2D eigenvalue weighted by atomic mass is 10.1. The molecule has 1 saturated carbocycles. The van der Waals surface area contributed by atoms with E-state index in [2.05, 4.69) is 37.9 Å². The van der Waals surface area contributed by atoms with Crippen LogP contribution in [0.4, 0.5) is 0 Å². The standard InChI is InChI=1S/C13H26N2O/c1-5-10-15(11-6-7-11)12(16)8-9-14-13(2,3)4/h11,14H,5-10H2,1-4H3. The van der Waals surface area contributed by atoms with Crippen LogP contribution in [0, 0.1) is 0 Å². The number of nitrogens with zero attached hydrogens (tertiary/aromatic N) is 1. The molecule has 0 aromatic carbocycles. The molecule has 3 nitrogen and oxygen atoms in total. The molecule has 0 aromatic heterocycles. The van der Waals surface area contributed by atoms with Crippen molar-refractivity contribution in [2.24, 2.45) is 0 Å². The molecule has 0 saturated heterocycles. The Kier molecular flexibility index (Phi) is 4.78. The topological polar surface area (TPSA) is 32.3 Å². The Morgan fingerprint density at radius 2 is 2.00 bits per heavy atom. The normalized spacial score (nSPS) is 16.2. The van der Waals surface area contributed by atoms with Crippen molar-refractivity contribution in [1.29, 1.82) is 0 Å². The van der Waals surface area contributed by atoms with Crippen LogP contribution in [-0.2, 0) is 4.79 Å². The van der Waals surface area contributed by atoms with Gasteiger partial charge in [-0.15, -0.1) is 0 Å². The predicted octanol–water partition coefficient (Wildman–Crippen LogP) is 2.17. The first kappa shape index (κ1) is 13.5. The molecule has 0 unspecified atom stereocenters. The maximum atomic E-state index is 12.0. The van der Waals surface area contributed by atoms with Gasteiger partial charge in [0.05, 0.1) is 0 Å². The Bertz CT molecular complexity index is 229. The molecule has 1 rings (SSSR count). The molecule has 3 heteroatoms. The maximum Gasteiger partial charge on any atom is 0.224 e. The van der Waals surface area contributed by atoms with Gasteiger partial charge in [0.1, 0.15) is 0 Å². The molecule has 1 fully saturated rings. The molecule has 16 heavy (non-hydrogen) atoms. The molecule has 0 spiro atoms. The van der Waals surface area contributed by atoms with Gasteiger partial charge in [-0.2, -0.15) is 0 Å². The van der Waals surface area contributed by atoms with Gasteiger partial charge in [0.15, 0.2) is 0 Å². The number of carbonyl (C=O) groups excluding carboxylic acids is 1. The SMILES string of the molecule is CCCN(C(=O)CCNC(C)(C)C)C1CC1. The van der Waals surface area contributed by atoms with E-state index in [4.69, 9.17) is 0 Å². The second kappa shape index (κ2) is 5.67. The molecule has 0 atom stereocenters. The van der Waals surface area contributed by atoms with Crippen LogP contribution in [0.1, 0.15) is 53.4 Å². The lowest BCUT2D eigenvalue weighted by Crippen LogP contribution is -2.40. The van der Waals surface area contributed by atoms with E-state index >= 15 is 0 Å². The second-order valence-corrected chi connectivity index (χ2v) is 5.75. The van der Waals surface area contributed by atoms with Crippen molar-refractivity contribution >= 4 is 5.91 Å². The Hall–Kier alpha value is -0.570. The summed E-state index contributed by atoms with van der Waals surface area (Å²) in [5.41, 5.74) is 0.107. The first-order valence-electron chi connectivity index (χ1n) is 6.48. The Morgan fingerprint density at radius 1 is 1.38 bits per heavy atom. The fourth-order valence-electron chi connectivity index (χ4n) is 1.83. The Labute approximate surface area is 99.6 Å². The summed E-state index contributed by atoms with van der Waals surface area (Å²) in [4.78, 5) is 14.1. The van der Waals surface area contributed by atoms with Gasteiger partial charge in [0.2, 0.25) is 5.91 Å². The van der Waals surface area contributed by atoms with Gasteiger partial charge < -0.3 is 10.2 Å². The van der Waals surface area contributed by atoms with E-state index in [9.17, 15) is 4.79 Å². The average molecular weight is 226 g/mol. The van der Waals surface area contributed by atoms with E-state index in [-0.39, 0.29) is 5.54 Å². The quantitative estimate of drug-likeness (QED) is 0.753. The van der Waals surface area contributed by atoms with Crippen molar-refractivity contribution in [2.75, 3.05) is 13.1 Å². The van der Waals surface area contributed by atoms with Gasteiger partial charge in [-0.3, -0.25) is 4.79 Å². The van der Waals surface area contributed by atoms with E-state index in [1.165, 1.54) is 12.8 Å². The van der Waals surface area contributed by atoms with Crippen molar-refractivity contribution in [3.63, 3.8) is 0 Å². The van der Waals surface area contributed by atoms with Crippen LogP contribution in [0.3, 0.4) is 0 Å². The Balaban J connectivity index is 2.26. The van der Waals surface area contributed by atoms with Crippen LogP contribution in [-0.4, -0.2) is 35.5 Å². The first-order chi connectivity index (χ1) is 7.44. The molecule has 1 amide bonds. The zero-order valence-electron chi connectivity index (χ0n) is 11.2. The number of rotatable bonds is 6. The van der Waals surface area contributed by atoms with E-state index in [1.54, 1.807) is 0 Å².